The highest BCUT2D eigenvalue weighted by Crippen LogP contribution is 2.51. The summed E-state index contributed by atoms with van der Waals surface area (Å²) in [6, 6.07) is 5.90. The Kier molecular flexibility index (Phi) is 7.04. The van der Waals surface area contributed by atoms with Gasteiger partial charge in [-0.15, -0.1) is 0 Å². The van der Waals surface area contributed by atoms with Gasteiger partial charge >= 0.3 is 6.01 Å². The molecular formula is C36H38F3N5O4. The first kappa shape index (κ1) is 30.3. The Morgan fingerprint density at radius 1 is 1.06 bits per heavy atom. The zero-order chi connectivity index (χ0) is 32.8. The number of rotatable bonds is 6. The summed E-state index contributed by atoms with van der Waals surface area (Å²) < 4.78 is 65.3. The summed E-state index contributed by atoms with van der Waals surface area (Å²) in [5.41, 5.74) is 0.212. The second kappa shape index (κ2) is 11.1. The number of piperidine rings is 1. The summed E-state index contributed by atoms with van der Waals surface area (Å²) in [5.74, 6) is -1.05. The molecule has 0 radical (unpaired) electrons. The van der Waals surface area contributed by atoms with Gasteiger partial charge in [0.15, 0.2) is 11.6 Å². The summed E-state index contributed by atoms with van der Waals surface area (Å²) >= 11 is 0. The molecule has 0 amide bonds. The summed E-state index contributed by atoms with van der Waals surface area (Å²) in [4.78, 5) is 18.4. The number of aromatic nitrogens is 3. The van der Waals surface area contributed by atoms with Crippen molar-refractivity contribution in [3.05, 3.63) is 47.7 Å². The highest BCUT2D eigenvalue weighted by atomic mass is 19.1. The Balaban J connectivity index is 1.17. The number of hydrogen-bond donors (Lipinski definition) is 1. The minimum atomic E-state index is -0.917. The quantitative estimate of drug-likeness (QED) is 0.270. The number of benzene rings is 2. The van der Waals surface area contributed by atoms with E-state index in [0.29, 0.717) is 73.2 Å². The molecule has 4 saturated heterocycles. The zero-order valence-corrected chi connectivity index (χ0v) is 26.9. The van der Waals surface area contributed by atoms with Crippen LogP contribution >= 0.6 is 0 Å². The molecule has 4 aromatic rings. The third-order valence-corrected chi connectivity index (χ3v) is 11.6. The Morgan fingerprint density at radius 3 is 2.62 bits per heavy atom. The molecule has 5 fully saturated rings. The van der Waals surface area contributed by atoms with Gasteiger partial charge in [0.25, 0.3) is 0 Å². The van der Waals surface area contributed by atoms with Crippen LogP contribution < -0.4 is 9.64 Å². The summed E-state index contributed by atoms with van der Waals surface area (Å²) in [6.07, 6.45) is 5.07. The molecule has 9 nitrogen and oxygen atoms in total. The average molecular weight is 662 g/mol. The van der Waals surface area contributed by atoms with Crippen molar-refractivity contribution in [2.75, 3.05) is 50.9 Å². The lowest BCUT2D eigenvalue weighted by Gasteiger charge is -2.44. The van der Waals surface area contributed by atoms with Crippen molar-refractivity contribution in [1.82, 2.24) is 19.9 Å². The lowest BCUT2D eigenvalue weighted by molar-refractivity contribution is -0.213. The molecule has 2 aromatic carbocycles. The lowest BCUT2D eigenvalue weighted by atomic mass is 9.90. The third kappa shape index (κ3) is 4.51. The molecule has 4 atom stereocenters. The van der Waals surface area contributed by atoms with Crippen LogP contribution in [0.5, 0.6) is 11.8 Å². The molecular weight excluding hydrogens is 623 g/mol. The largest absolute Gasteiger partial charge is 0.508 e. The number of fused-ring (bicyclic) bond motifs is 3. The van der Waals surface area contributed by atoms with Gasteiger partial charge in [0.1, 0.15) is 41.4 Å². The predicted octanol–water partition coefficient (Wildman–Crippen LogP) is 5.94. The van der Waals surface area contributed by atoms with E-state index < -0.39 is 29.1 Å². The number of pyridine rings is 1. The van der Waals surface area contributed by atoms with Crippen molar-refractivity contribution in [3.63, 3.8) is 0 Å². The van der Waals surface area contributed by atoms with E-state index in [-0.39, 0.29) is 47.0 Å². The predicted molar refractivity (Wildman–Crippen MR) is 173 cm³/mol. The van der Waals surface area contributed by atoms with Gasteiger partial charge in [0, 0.05) is 49.7 Å². The van der Waals surface area contributed by atoms with Crippen molar-refractivity contribution in [2.24, 2.45) is 11.8 Å². The fourth-order valence-corrected chi connectivity index (χ4v) is 9.47. The van der Waals surface area contributed by atoms with Crippen LogP contribution in [0.25, 0.3) is 32.9 Å². The molecule has 1 aliphatic carbocycles. The molecule has 2 aromatic heterocycles. The smallest absolute Gasteiger partial charge is 0.319 e. The van der Waals surface area contributed by atoms with Crippen LogP contribution in [0.15, 0.2) is 30.5 Å². The van der Waals surface area contributed by atoms with Gasteiger partial charge in [-0.1, -0.05) is 13.0 Å². The first-order chi connectivity index (χ1) is 23.3. The molecule has 48 heavy (non-hydrogen) atoms. The number of alkyl halides is 1. The van der Waals surface area contributed by atoms with E-state index in [0.717, 1.165) is 32.2 Å². The van der Waals surface area contributed by atoms with Crippen LogP contribution in [0.3, 0.4) is 0 Å². The van der Waals surface area contributed by atoms with E-state index in [2.05, 4.69) is 19.8 Å². The van der Waals surface area contributed by atoms with Gasteiger partial charge in [0.2, 0.25) is 0 Å². The van der Waals surface area contributed by atoms with Crippen LogP contribution in [0.1, 0.15) is 44.6 Å². The van der Waals surface area contributed by atoms with Crippen LogP contribution in [-0.2, 0) is 15.9 Å². The van der Waals surface area contributed by atoms with Crippen LogP contribution in [-0.4, -0.2) is 88.5 Å². The Morgan fingerprint density at radius 2 is 1.85 bits per heavy atom. The molecule has 1 spiro atoms. The molecule has 5 aliphatic rings. The second-order valence-electron chi connectivity index (χ2n) is 14.1. The number of hydrogen-bond acceptors (Lipinski definition) is 9. The van der Waals surface area contributed by atoms with E-state index in [9.17, 15) is 9.50 Å². The SMILES string of the molecule is CCc1c(F)ccc2cc(O)cc(-c3ncc4c(N5C[C@H]6CC[C@@H](C5)C65OCCO5)nc(OC[C@@]56CCCN5C[C@H](F)C6)nc4c3F)c12. The monoisotopic (exact) mass is 661 g/mol. The van der Waals surface area contributed by atoms with Gasteiger partial charge in [-0.2, -0.15) is 9.97 Å². The van der Waals surface area contributed by atoms with Crippen molar-refractivity contribution >= 4 is 27.5 Å². The summed E-state index contributed by atoms with van der Waals surface area (Å²) in [5, 5.41) is 12.1. The Bertz CT molecular complexity index is 1920. The summed E-state index contributed by atoms with van der Waals surface area (Å²) in [7, 11) is 0. The fourth-order valence-electron chi connectivity index (χ4n) is 9.47. The number of ether oxygens (including phenoxy) is 3. The third-order valence-electron chi connectivity index (χ3n) is 11.6. The number of aryl methyl sites for hydroxylation is 1. The van der Waals surface area contributed by atoms with E-state index >= 15 is 8.78 Å². The van der Waals surface area contributed by atoms with Gasteiger partial charge in [-0.25, -0.2) is 13.2 Å². The minimum Gasteiger partial charge on any atom is -0.508 e. The van der Waals surface area contributed by atoms with Gasteiger partial charge in [0.05, 0.1) is 24.1 Å². The number of phenolic OH excluding ortho intramolecular Hbond substituents is 1. The van der Waals surface area contributed by atoms with Crippen molar-refractivity contribution in [2.45, 2.75) is 62.9 Å². The van der Waals surface area contributed by atoms with Gasteiger partial charge in [-0.3, -0.25) is 9.88 Å². The highest BCUT2D eigenvalue weighted by molar-refractivity contribution is 6.01. The Labute approximate surface area is 276 Å². The summed E-state index contributed by atoms with van der Waals surface area (Å²) in [6.45, 7) is 5.59. The van der Waals surface area contributed by atoms with E-state index in [4.69, 9.17) is 19.2 Å². The number of anilines is 1. The maximum atomic E-state index is 17.0. The molecule has 252 valence electrons. The second-order valence-corrected chi connectivity index (χ2v) is 14.1. The molecule has 0 unspecified atom stereocenters. The molecule has 4 aliphatic heterocycles. The van der Waals surface area contributed by atoms with Gasteiger partial charge in [-0.05, 0) is 73.2 Å². The normalized spacial score (nSPS) is 27.9. The maximum Gasteiger partial charge on any atom is 0.319 e. The first-order valence-corrected chi connectivity index (χ1v) is 17.1. The molecule has 1 N–H and O–H groups in total. The van der Waals surface area contributed by atoms with Crippen LogP contribution in [0.4, 0.5) is 19.0 Å². The maximum absolute atomic E-state index is 17.0. The van der Waals surface area contributed by atoms with Crippen molar-refractivity contribution < 1.29 is 32.5 Å². The standard InChI is InChI=1S/C36H38F3N5O4/c1-2-25-28(38)7-4-20-12-24(45)13-26(29(20)25)31-30(39)32-27(15-40-31)33(43-16-21-5-6-22(17-43)36(21)47-10-11-48-36)42-34(41-32)46-19-35-8-3-9-44(35)18-23(37)14-35/h4,7,12-13,15,21-23,45H,2-3,5-6,8-11,14,16-19H2,1H3/t21-,22+,23-,35+/m1/s1. The van der Waals surface area contributed by atoms with Crippen molar-refractivity contribution in [1.29, 1.82) is 0 Å². The van der Waals surface area contributed by atoms with E-state index in [1.807, 2.05) is 6.92 Å². The lowest BCUT2D eigenvalue weighted by Crippen LogP contribution is -2.55. The average Bonchev–Trinajstić information content (AvgIpc) is 3.82. The van der Waals surface area contributed by atoms with E-state index in [1.54, 1.807) is 12.3 Å². The number of nitrogens with zero attached hydrogens (tertiary/aromatic N) is 5. The highest BCUT2D eigenvalue weighted by Gasteiger charge is 2.58. The molecule has 1 saturated carbocycles. The number of phenols is 1. The molecule has 9 rings (SSSR count). The fraction of sp³-hybridized carbons (Fsp3) is 0.528. The van der Waals surface area contributed by atoms with E-state index in [1.165, 1.54) is 18.2 Å². The van der Waals surface area contributed by atoms with Crippen molar-refractivity contribution in [3.8, 4) is 23.0 Å². The Hall–Kier alpha value is -3.74. The number of aromatic hydroxyl groups is 1. The minimum absolute atomic E-state index is 0.0131. The van der Waals surface area contributed by atoms with Crippen LogP contribution in [0.2, 0.25) is 0 Å². The molecule has 6 heterocycles. The topological polar surface area (TPSA) is 93.1 Å². The van der Waals surface area contributed by atoms with Crippen LogP contribution in [0, 0.1) is 23.5 Å². The zero-order valence-electron chi connectivity index (χ0n) is 26.9. The molecule has 2 bridgehead atoms. The van der Waals surface area contributed by atoms with Gasteiger partial charge < -0.3 is 24.2 Å². The first-order valence-electron chi connectivity index (χ1n) is 17.1. The number of halogens is 3. The molecule has 12 heteroatoms.